The van der Waals surface area contributed by atoms with Crippen molar-refractivity contribution in [1.29, 1.82) is 0 Å². The fourth-order valence-corrected chi connectivity index (χ4v) is 0. The Morgan fingerprint density at radius 1 is 1.43 bits per heavy atom. The molecule has 0 aromatic heterocycles. The Balaban J connectivity index is 3.54. The minimum atomic E-state index is -4.25. The van der Waals surface area contributed by atoms with E-state index < -0.39 is 9.56 Å². The second-order valence-corrected chi connectivity index (χ2v) is 3.26. The molecule has 44 valence electrons. The van der Waals surface area contributed by atoms with Gasteiger partial charge in [0.1, 0.15) is 0 Å². The molecule has 0 saturated heterocycles. The van der Waals surface area contributed by atoms with E-state index >= 15 is 0 Å². The van der Waals surface area contributed by atoms with Crippen LogP contribution in [0.2, 0.25) is 0 Å². The number of rotatable bonds is 0. The molecule has 0 aromatic rings. The lowest BCUT2D eigenvalue weighted by atomic mass is 10.8. The van der Waals surface area contributed by atoms with Gasteiger partial charge in [-0.05, 0) is 0 Å². The third kappa shape index (κ3) is 3.40. The number of hydrogen-bond donors (Lipinski definition) is 0. The van der Waals surface area contributed by atoms with E-state index in [1.807, 2.05) is 0 Å². The molecule has 0 aromatic carbocycles. The van der Waals surface area contributed by atoms with Crippen LogP contribution in [0.5, 0.6) is 0 Å². The average Bonchev–Trinajstić information content (AvgIpc) is 1.31. The van der Waals surface area contributed by atoms with Gasteiger partial charge in [0.2, 0.25) is 0 Å². The van der Waals surface area contributed by atoms with E-state index in [9.17, 15) is 13.2 Å². The van der Waals surface area contributed by atoms with Crippen LogP contribution in [0.25, 0.3) is 0 Å². The zero-order valence-electron chi connectivity index (χ0n) is 2.97. The second-order valence-electron chi connectivity index (χ2n) is 0.842. The molecule has 0 bridgehead atoms. The molecule has 7 heavy (non-hydrogen) atoms. The van der Waals surface area contributed by atoms with Crippen LogP contribution in [0, 0.1) is 0 Å². The van der Waals surface area contributed by atoms with Gasteiger partial charge < -0.3 is 0 Å². The van der Waals surface area contributed by atoms with E-state index in [4.69, 9.17) is 0 Å². The zero-order valence-corrected chi connectivity index (χ0v) is 5.88. The van der Waals surface area contributed by atoms with Crippen molar-refractivity contribution in [2.75, 3.05) is 0 Å². The predicted molar refractivity (Wildman–Crippen MR) is 29.7 cm³/mol. The molecular formula is C2HClF3I. The third-order valence-electron chi connectivity index (χ3n) is 0.247. The first-order chi connectivity index (χ1) is 2.94. The van der Waals surface area contributed by atoms with E-state index in [-0.39, 0.29) is 0 Å². The van der Waals surface area contributed by atoms with E-state index in [0.29, 0.717) is 0 Å². The fraction of sp³-hybridized carbons (Fsp3) is 1.00. The van der Waals surface area contributed by atoms with Crippen LogP contribution in [0.3, 0.4) is 0 Å². The van der Waals surface area contributed by atoms with Gasteiger partial charge in [0.25, 0.3) is 0 Å². The normalized spacial score (nSPS) is 16.7. The minimum absolute atomic E-state index is 1.09. The van der Waals surface area contributed by atoms with Crippen molar-refractivity contribution in [1.82, 2.24) is 0 Å². The van der Waals surface area contributed by atoms with Gasteiger partial charge in [-0.1, -0.05) is 22.6 Å². The van der Waals surface area contributed by atoms with E-state index in [1.54, 1.807) is 0 Å². The summed E-state index contributed by atoms with van der Waals surface area (Å²) < 4.78 is 31.4. The molecule has 0 aliphatic rings. The Morgan fingerprint density at radius 2 is 1.57 bits per heavy atom. The summed E-state index contributed by atoms with van der Waals surface area (Å²) in [5.74, 6) is 0. The average molecular weight is 244 g/mol. The second kappa shape index (κ2) is 2.39. The van der Waals surface area contributed by atoms with E-state index in [2.05, 4.69) is 11.6 Å². The molecule has 0 aliphatic heterocycles. The monoisotopic (exact) mass is 244 g/mol. The highest BCUT2D eigenvalue weighted by molar-refractivity contribution is 14.1. The van der Waals surface area contributed by atoms with Gasteiger partial charge in [0, 0.05) is 0 Å². The van der Waals surface area contributed by atoms with Gasteiger partial charge >= 0.3 is 6.18 Å². The molecule has 0 nitrogen and oxygen atoms in total. The van der Waals surface area contributed by atoms with Gasteiger partial charge in [-0.2, -0.15) is 13.2 Å². The first-order valence-electron chi connectivity index (χ1n) is 1.29. The highest BCUT2D eigenvalue weighted by atomic mass is 127. The smallest absolute Gasteiger partial charge is 0.168 e. The number of hydrogen-bond acceptors (Lipinski definition) is 0. The Hall–Kier alpha value is 0.810. The minimum Gasteiger partial charge on any atom is -0.168 e. The molecule has 0 N–H and O–H groups in total. The Labute approximate surface area is 57.2 Å². The van der Waals surface area contributed by atoms with Crippen LogP contribution in [0.1, 0.15) is 0 Å². The first-order valence-corrected chi connectivity index (χ1v) is 2.97. The summed E-state index contributed by atoms with van der Waals surface area (Å²) in [5.41, 5.74) is 0. The fourth-order valence-electron chi connectivity index (χ4n) is 0. The van der Waals surface area contributed by atoms with Crippen LogP contribution in [0.15, 0.2) is 0 Å². The van der Waals surface area contributed by atoms with Gasteiger partial charge in [-0.3, -0.25) is 0 Å². The molecule has 0 rings (SSSR count). The summed E-state index contributed by atoms with van der Waals surface area (Å²) in [6.07, 6.45) is -4.25. The molecule has 0 aliphatic carbocycles. The molecule has 0 amide bonds. The lowest BCUT2D eigenvalue weighted by Crippen LogP contribution is -2.16. The van der Waals surface area contributed by atoms with Crippen molar-refractivity contribution in [2.24, 2.45) is 0 Å². The van der Waals surface area contributed by atoms with E-state index in [1.165, 1.54) is 0 Å². The van der Waals surface area contributed by atoms with Crippen LogP contribution >= 0.6 is 34.2 Å². The van der Waals surface area contributed by atoms with Crippen molar-refractivity contribution in [2.45, 2.75) is 9.56 Å². The summed E-state index contributed by atoms with van der Waals surface area (Å²) in [5, 5.41) is 0. The Bertz CT molecular complexity index is 58.4. The van der Waals surface area contributed by atoms with Gasteiger partial charge in [0.15, 0.2) is 3.38 Å². The molecule has 0 radical (unpaired) electrons. The van der Waals surface area contributed by atoms with Crippen LogP contribution in [-0.4, -0.2) is 9.56 Å². The summed E-state index contributed by atoms with van der Waals surface area (Å²) in [4.78, 5) is 0. The largest absolute Gasteiger partial charge is 0.413 e. The molecule has 5 heteroatoms. The third-order valence-corrected chi connectivity index (χ3v) is 1.20. The summed E-state index contributed by atoms with van der Waals surface area (Å²) >= 11 is 5.71. The predicted octanol–water partition coefficient (Wildman–Crippen LogP) is 2.55. The quantitative estimate of drug-likeness (QED) is 0.454. The van der Waals surface area contributed by atoms with Gasteiger partial charge in [-0.25, -0.2) is 0 Å². The Kier molecular flexibility index (Phi) is 2.67. The summed E-state index contributed by atoms with van der Waals surface area (Å²) in [7, 11) is 0. The van der Waals surface area contributed by atoms with Crippen LogP contribution < -0.4 is 0 Å². The molecule has 0 spiro atoms. The maximum absolute atomic E-state index is 11.0. The number of halogens is 5. The molecular weight excluding hydrogens is 243 g/mol. The molecule has 0 fully saturated rings. The molecule has 1 atom stereocenters. The van der Waals surface area contributed by atoms with Crippen molar-refractivity contribution in [3.8, 4) is 0 Å². The summed E-state index contributed by atoms with van der Waals surface area (Å²) in [6, 6.07) is 0. The maximum atomic E-state index is 11.0. The first kappa shape index (κ1) is 7.81. The van der Waals surface area contributed by atoms with Crippen molar-refractivity contribution < 1.29 is 13.2 Å². The number of alkyl halides is 5. The van der Waals surface area contributed by atoms with Crippen LogP contribution in [-0.2, 0) is 0 Å². The Morgan fingerprint density at radius 3 is 1.57 bits per heavy atom. The van der Waals surface area contributed by atoms with Crippen molar-refractivity contribution >= 4 is 34.2 Å². The maximum Gasteiger partial charge on any atom is 0.413 e. The highest BCUT2D eigenvalue weighted by Gasteiger charge is 2.35. The van der Waals surface area contributed by atoms with Gasteiger partial charge in [0.05, 0.1) is 0 Å². The van der Waals surface area contributed by atoms with Gasteiger partial charge in [-0.15, -0.1) is 11.6 Å². The molecule has 0 heterocycles. The lowest BCUT2D eigenvalue weighted by Gasteiger charge is -2.03. The van der Waals surface area contributed by atoms with Crippen LogP contribution in [0.4, 0.5) is 13.2 Å². The van der Waals surface area contributed by atoms with Crippen molar-refractivity contribution in [3.05, 3.63) is 0 Å². The van der Waals surface area contributed by atoms with E-state index in [0.717, 1.165) is 22.6 Å². The zero-order chi connectivity index (χ0) is 6.08. The SMILES string of the molecule is FC(F)(F)C(Cl)I. The standard InChI is InChI=1S/C2HClF3I/c3-1(7)2(4,5)6/h1H. The summed E-state index contributed by atoms with van der Waals surface area (Å²) in [6.45, 7) is 0. The molecule has 1 unspecified atom stereocenters. The lowest BCUT2D eigenvalue weighted by molar-refractivity contribution is -0.110. The highest BCUT2D eigenvalue weighted by Crippen LogP contribution is 2.29. The molecule has 0 saturated carbocycles. The van der Waals surface area contributed by atoms with Crippen molar-refractivity contribution in [3.63, 3.8) is 0 Å². The topological polar surface area (TPSA) is 0 Å².